The van der Waals surface area contributed by atoms with Gasteiger partial charge in [0.05, 0.1) is 12.8 Å². The Morgan fingerprint density at radius 1 is 1.45 bits per heavy atom. The van der Waals surface area contributed by atoms with Crippen molar-refractivity contribution in [1.82, 2.24) is 10.7 Å². The van der Waals surface area contributed by atoms with Crippen molar-refractivity contribution in [3.05, 3.63) is 42.3 Å². The molecular weight excluding hydrogens is 286 g/mol. The molecule has 0 saturated heterocycles. The number of rotatable bonds is 3. The van der Waals surface area contributed by atoms with Crippen LogP contribution in [0.3, 0.4) is 0 Å². The van der Waals surface area contributed by atoms with Gasteiger partial charge in [0.25, 0.3) is 0 Å². The lowest BCUT2D eigenvalue weighted by molar-refractivity contribution is 0.141. The summed E-state index contributed by atoms with van der Waals surface area (Å²) in [6, 6.07) is 8.74. The number of hydrogen-bond acceptors (Lipinski definition) is 6. The van der Waals surface area contributed by atoms with Crippen LogP contribution in [0.15, 0.2) is 47.4 Å². The molecule has 8 heteroatoms. The first kappa shape index (κ1) is 15.6. The largest absolute Gasteiger partial charge is 0.481 e. The third-order valence-corrected chi connectivity index (χ3v) is 2.97. The van der Waals surface area contributed by atoms with Gasteiger partial charge in [-0.2, -0.15) is 0 Å². The maximum absolute atomic E-state index is 10.1. The number of amides is 1. The van der Waals surface area contributed by atoms with Gasteiger partial charge in [0.15, 0.2) is 0 Å². The number of hydrazone groups is 1. The third-order valence-electron chi connectivity index (χ3n) is 2.97. The lowest BCUT2D eigenvalue weighted by Gasteiger charge is -2.21. The van der Waals surface area contributed by atoms with Crippen molar-refractivity contribution in [3.63, 3.8) is 0 Å². The Balaban J connectivity index is 0.000000164. The van der Waals surface area contributed by atoms with Crippen LogP contribution in [0, 0.1) is 5.92 Å². The fraction of sp³-hybridized carbons (Fsp3) is 0.286. The molecule has 1 amide bonds. The van der Waals surface area contributed by atoms with Crippen molar-refractivity contribution in [2.24, 2.45) is 16.9 Å². The number of allylic oxidation sites excluding steroid dienone is 1. The quantitative estimate of drug-likeness (QED) is 0.632. The average molecular weight is 305 g/mol. The Morgan fingerprint density at radius 3 is 2.68 bits per heavy atom. The maximum atomic E-state index is 10.1. The summed E-state index contributed by atoms with van der Waals surface area (Å²) in [6.07, 6.45) is 3.27. The molecule has 1 fully saturated rings. The fourth-order valence-corrected chi connectivity index (χ4v) is 1.79. The summed E-state index contributed by atoms with van der Waals surface area (Å²) in [6.45, 7) is 0. The molecule has 1 aliphatic heterocycles. The van der Waals surface area contributed by atoms with Crippen molar-refractivity contribution in [1.29, 1.82) is 0 Å². The second-order valence-corrected chi connectivity index (χ2v) is 4.76. The highest BCUT2D eigenvalue weighted by molar-refractivity contribution is 5.98. The van der Waals surface area contributed by atoms with E-state index >= 15 is 0 Å². The predicted octanol–water partition coefficient (Wildman–Crippen LogP) is 1.71. The number of para-hydroxylation sites is 1. The summed E-state index contributed by atoms with van der Waals surface area (Å²) in [5, 5.41) is 15.8. The van der Waals surface area contributed by atoms with Crippen LogP contribution in [-0.4, -0.2) is 29.2 Å². The zero-order valence-corrected chi connectivity index (χ0v) is 12.2. The molecule has 0 radical (unpaired) electrons. The molecule has 1 aromatic rings. The second-order valence-electron chi connectivity index (χ2n) is 4.76. The van der Waals surface area contributed by atoms with Gasteiger partial charge in [-0.15, -0.1) is 10.3 Å². The summed E-state index contributed by atoms with van der Waals surface area (Å²) < 4.78 is 5.02. The number of nitrogens with one attached hydrogen (secondary N) is 2. The smallest absolute Gasteiger partial charge is 0.409 e. The van der Waals surface area contributed by atoms with Crippen molar-refractivity contribution in [3.8, 4) is 0 Å². The molecule has 0 unspecified atom stereocenters. The molecule has 8 nitrogen and oxygen atoms in total. The van der Waals surface area contributed by atoms with Crippen LogP contribution in [0.25, 0.3) is 0 Å². The number of carbonyl (C=O) groups is 1. The summed E-state index contributed by atoms with van der Waals surface area (Å²) >= 11 is 0. The van der Waals surface area contributed by atoms with Gasteiger partial charge in [-0.25, -0.2) is 16.1 Å². The van der Waals surface area contributed by atoms with Gasteiger partial charge in [0.1, 0.15) is 0 Å². The zero-order valence-electron chi connectivity index (χ0n) is 12.2. The molecule has 0 spiro atoms. The van der Waals surface area contributed by atoms with Gasteiger partial charge >= 0.3 is 6.09 Å². The highest BCUT2D eigenvalue weighted by Gasteiger charge is 2.29. The lowest BCUT2D eigenvalue weighted by Crippen LogP contribution is -2.42. The van der Waals surface area contributed by atoms with Gasteiger partial charge in [-0.05, 0) is 25.0 Å². The Labute approximate surface area is 128 Å². The van der Waals surface area contributed by atoms with Crippen molar-refractivity contribution < 1.29 is 14.6 Å². The minimum atomic E-state index is -1.04. The molecule has 1 saturated carbocycles. The molecule has 5 N–H and O–H groups in total. The molecule has 3 rings (SSSR count). The maximum Gasteiger partial charge on any atom is 0.409 e. The number of methoxy groups -OCH3 is 1. The SMILES string of the molecule is COC1=CC(C2CC2)=NN(N)N1.O=C(O)Nc1ccccc1. The van der Waals surface area contributed by atoms with Crippen molar-refractivity contribution >= 4 is 17.5 Å². The van der Waals surface area contributed by atoms with Gasteiger partial charge in [0, 0.05) is 17.7 Å². The van der Waals surface area contributed by atoms with E-state index in [1.165, 1.54) is 18.1 Å². The minimum absolute atomic E-state index is 0.586. The monoisotopic (exact) mass is 305 g/mol. The molecule has 0 aromatic heterocycles. The molecule has 22 heavy (non-hydrogen) atoms. The zero-order chi connectivity index (χ0) is 15.9. The molecule has 1 aliphatic carbocycles. The highest BCUT2D eigenvalue weighted by Crippen LogP contribution is 2.32. The fourth-order valence-electron chi connectivity index (χ4n) is 1.79. The Bertz CT molecular complexity index is 569. The van der Waals surface area contributed by atoms with E-state index in [1.807, 2.05) is 12.1 Å². The van der Waals surface area contributed by atoms with E-state index < -0.39 is 6.09 Å². The molecule has 1 aromatic carbocycles. The Hall–Kier alpha value is -2.74. The van der Waals surface area contributed by atoms with Crippen LogP contribution in [0.1, 0.15) is 12.8 Å². The van der Waals surface area contributed by atoms with Crippen LogP contribution < -0.4 is 16.6 Å². The van der Waals surface area contributed by atoms with Gasteiger partial charge in [-0.3, -0.25) is 5.32 Å². The first-order valence-corrected chi connectivity index (χ1v) is 6.79. The molecular formula is C14H19N5O3. The van der Waals surface area contributed by atoms with Gasteiger partial charge in [0.2, 0.25) is 5.88 Å². The molecule has 118 valence electrons. The van der Waals surface area contributed by atoms with E-state index in [1.54, 1.807) is 31.4 Å². The standard InChI is InChI=1S/C7H12N4O.C7H7NO2/c1-12-7-4-6(5-2-3-5)9-11(8)10-7;9-7(10)8-6-4-2-1-3-5-6/h4-5,10H,2-3,8H2,1H3;1-5,8H,(H,9,10). The molecule has 1 heterocycles. The van der Waals surface area contributed by atoms with E-state index in [9.17, 15) is 4.79 Å². The van der Waals surface area contributed by atoms with Crippen LogP contribution in [-0.2, 0) is 4.74 Å². The van der Waals surface area contributed by atoms with E-state index in [0.29, 0.717) is 17.5 Å². The van der Waals surface area contributed by atoms with Gasteiger partial charge in [-0.1, -0.05) is 18.2 Å². The number of anilines is 1. The number of carboxylic acid groups (broad SMARTS) is 1. The summed E-state index contributed by atoms with van der Waals surface area (Å²) in [4.78, 5) is 10.1. The van der Waals surface area contributed by atoms with E-state index in [-0.39, 0.29) is 0 Å². The number of nitrogens with two attached hydrogens (primary N) is 1. The van der Waals surface area contributed by atoms with Crippen LogP contribution in [0.5, 0.6) is 0 Å². The van der Waals surface area contributed by atoms with E-state index in [4.69, 9.17) is 15.7 Å². The Kier molecular flexibility index (Phi) is 5.21. The number of nitrogens with zero attached hydrogens (tertiary/aromatic N) is 2. The normalized spacial score (nSPS) is 16.4. The third kappa shape index (κ3) is 4.98. The average Bonchev–Trinajstić information content (AvgIpc) is 3.32. The van der Waals surface area contributed by atoms with Gasteiger partial charge < -0.3 is 9.84 Å². The van der Waals surface area contributed by atoms with Crippen molar-refractivity contribution in [2.75, 3.05) is 12.4 Å². The molecule has 0 atom stereocenters. The van der Waals surface area contributed by atoms with E-state index in [0.717, 1.165) is 5.71 Å². The minimum Gasteiger partial charge on any atom is -0.481 e. The summed E-state index contributed by atoms with van der Waals surface area (Å²) in [5.74, 6) is 6.70. The second kappa shape index (κ2) is 7.32. The van der Waals surface area contributed by atoms with Crippen LogP contribution in [0.4, 0.5) is 10.5 Å². The molecule has 2 aliphatic rings. The number of hydrogen-bond donors (Lipinski definition) is 4. The lowest BCUT2D eigenvalue weighted by atomic mass is 10.2. The van der Waals surface area contributed by atoms with Crippen molar-refractivity contribution in [2.45, 2.75) is 12.8 Å². The first-order valence-electron chi connectivity index (χ1n) is 6.79. The molecule has 0 bridgehead atoms. The van der Waals surface area contributed by atoms with Crippen LogP contribution >= 0.6 is 0 Å². The summed E-state index contributed by atoms with van der Waals surface area (Å²) in [5.41, 5.74) is 4.34. The summed E-state index contributed by atoms with van der Waals surface area (Å²) in [7, 11) is 1.60. The number of benzene rings is 1. The number of ether oxygens (including phenoxy) is 1. The topological polar surface area (TPSA) is 112 Å². The van der Waals surface area contributed by atoms with E-state index in [2.05, 4.69) is 15.8 Å². The first-order chi connectivity index (χ1) is 10.6. The predicted molar refractivity (Wildman–Crippen MR) is 82.5 cm³/mol. The Morgan fingerprint density at radius 2 is 2.14 bits per heavy atom. The highest BCUT2D eigenvalue weighted by atomic mass is 16.5. The number of hydrazine groups is 2. The van der Waals surface area contributed by atoms with Crippen LogP contribution in [0.2, 0.25) is 0 Å².